The summed E-state index contributed by atoms with van der Waals surface area (Å²) in [6.45, 7) is -1.61. The van der Waals surface area contributed by atoms with Gasteiger partial charge in [0.25, 0.3) is 0 Å². The molecule has 0 radical (unpaired) electrons. The topological polar surface area (TPSA) is 592 Å². The van der Waals surface area contributed by atoms with Crippen LogP contribution in [0.15, 0.2) is 0 Å². The predicted molar refractivity (Wildman–Crippen MR) is 265 cm³/mol. The third-order valence-corrected chi connectivity index (χ3v) is 15.7. The second-order valence-electron chi connectivity index (χ2n) is 21.8. The largest absolute Gasteiger partial charge is 0.394 e. The summed E-state index contributed by atoms with van der Waals surface area (Å²) in [5, 5.41) is 214. The van der Waals surface area contributed by atoms with Crippen LogP contribution in [0.2, 0.25) is 0 Å². The van der Waals surface area contributed by atoms with E-state index in [0.29, 0.717) is 0 Å². The molecule has 7 aliphatic rings. The Hall–Kier alpha value is -2.87. The van der Waals surface area contributed by atoms with Crippen LogP contribution in [0.5, 0.6) is 0 Å². The van der Waals surface area contributed by atoms with Crippen LogP contribution >= 0.6 is 0 Å². The first-order valence-corrected chi connectivity index (χ1v) is 27.5. The van der Waals surface area contributed by atoms with Crippen LogP contribution in [0.25, 0.3) is 0 Å². The first-order valence-electron chi connectivity index (χ1n) is 27.5. The quantitative estimate of drug-likeness (QED) is 0.0507. The smallest absolute Gasteiger partial charge is 0.217 e. The van der Waals surface area contributed by atoms with E-state index in [1.54, 1.807) is 0 Å². The number of hydrogen-bond acceptors (Lipinski definition) is 35. The molecule has 3 amide bonds. The molecule has 0 aliphatic carbocycles. The fourth-order valence-corrected chi connectivity index (χ4v) is 10.9. The van der Waals surface area contributed by atoms with Gasteiger partial charge in [-0.1, -0.05) is 0 Å². The minimum Gasteiger partial charge on any atom is -0.394 e. The average molecular weight is 1260 g/mol. The number of ether oxygens (including phenoxy) is 13. The van der Waals surface area contributed by atoms with Gasteiger partial charge in [-0.25, -0.2) is 0 Å². The van der Waals surface area contributed by atoms with E-state index in [-0.39, 0.29) is 0 Å². The average Bonchev–Trinajstić information content (AvgIpc) is 2.02. The van der Waals surface area contributed by atoms with Crippen LogP contribution in [-0.2, 0) is 76.0 Å². The number of carbonyl (C=O) groups excluding carboxylic acids is 3. The molecule has 7 aliphatic heterocycles. The van der Waals surface area contributed by atoms with E-state index in [4.69, 9.17) is 61.6 Å². The second kappa shape index (κ2) is 30.5. The number of rotatable bonds is 21. The van der Waals surface area contributed by atoms with Gasteiger partial charge in [-0.2, -0.15) is 0 Å². The summed E-state index contributed by atoms with van der Waals surface area (Å²) in [4.78, 5) is 38.0. The second-order valence-corrected chi connectivity index (χ2v) is 21.8. The molecule has 0 aromatic carbocycles. The molecule has 0 bridgehead atoms. The first kappa shape index (κ1) is 70.6. The van der Waals surface area contributed by atoms with Crippen molar-refractivity contribution in [2.75, 3.05) is 39.6 Å². The lowest BCUT2D eigenvalue weighted by Gasteiger charge is -2.52. The van der Waals surface area contributed by atoms with E-state index < -0.39 is 272 Å². The fraction of sp³-hybridized carbons (Fsp3) is 0.938. The van der Waals surface area contributed by atoms with E-state index in [9.17, 15) is 111 Å². The van der Waals surface area contributed by atoms with E-state index >= 15 is 0 Å². The Labute approximate surface area is 488 Å². The Morgan fingerprint density at radius 1 is 0.326 bits per heavy atom. The minimum absolute atomic E-state index is 0.791. The van der Waals surface area contributed by atoms with Gasteiger partial charge in [0.05, 0.1) is 45.7 Å². The summed E-state index contributed by atoms with van der Waals surface area (Å²) in [6.07, 6.45) is -62.4. The first-order chi connectivity index (χ1) is 40.6. The Kier molecular flexibility index (Phi) is 25.0. The maximum absolute atomic E-state index is 13.1. The van der Waals surface area contributed by atoms with Crippen molar-refractivity contribution >= 4 is 17.7 Å². The lowest BCUT2D eigenvalue weighted by Crippen LogP contribution is -2.71. The highest BCUT2D eigenvalue weighted by atomic mass is 16.8. The number of aliphatic hydroxyl groups excluding tert-OH is 19. The lowest BCUT2D eigenvalue weighted by atomic mass is 9.93. The Morgan fingerprint density at radius 3 is 1.21 bits per heavy atom. The lowest BCUT2D eigenvalue weighted by molar-refractivity contribution is -0.403. The van der Waals surface area contributed by atoms with Gasteiger partial charge < -0.3 is 175 Å². The number of hydrogen-bond donors (Lipinski definition) is 22. The van der Waals surface area contributed by atoms with Crippen molar-refractivity contribution in [1.82, 2.24) is 16.0 Å². The normalized spacial score (nSPS) is 49.4. The molecule has 0 aromatic heterocycles. The van der Waals surface area contributed by atoms with Gasteiger partial charge in [0.1, 0.15) is 165 Å². The summed E-state index contributed by atoms with van der Waals surface area (Å²) < 4.78 is 76.9. The van der Waals surface area contributed by atoms with Gasteiger partial charge in [-0.05, 0) is 6.92 Å². The molecule has 86 heavy (non-hydrogen) atoms. The van der Waals surface area contributed by atoms with Crippen LogP contribution in [0, 0.1) is 0 Å². The summed E-state index contributed by atoms with van der Waals surface area (Å²) in [5.74, 6) is -2.59. The minimum atomic E-state index is -2.34. The van der Waals surface area contributed by atoms with Gasteiger partial charge in [-0.15, -0.1) is 0 Å². The number of amides is 3. The SMILES string of the molecule is CC(=O)N[C@H]1[C@H](O[C@H]2[C@H](O)[C@@H](NC(C)=O)C(O)O[C@@H]2CO[C@@H]2O[C@@H](C)[C@@H](O)[C@@H](O)[C@@H]2O)O[C@H](CO)[C@@H](O[C@@H]2O[C@H](CO[C@H]3O[C@H](CO)[C@@H](O)[C@H](O)[C@@H]3O)[C@@H](O)[C@H](O[C@H]3O[C@H](CO)[C@@H](O)[C@H](O)[C@@H]3O)[C@@H]2O[C@@H]2O[C@H](CO)[C@@H](O)[C@H](O)[C@H]2NC(C)=O)[C@@H]1O. The van der Waals surface area contributed by atoms with E-state index in [0.717, 1.165) is 20.8 Å². The number of carbonyl (C=O) groups is 3. The van der Waals surface area contributed by atoms with Crippen molar-refractivity contribution in [3.05, 3.63) is 0 Å². The molecule has 498 valence electrons. The molecule has 0 spiro atoms. The highest BCUT2D eigenvalue weighted by molar-refractivity contribution is 5.74. The molecule has 7 heterocycles. The van der Waals surface area contributed by atoms with Gasteiger partial charge in [0, 0.05) is 20.8 Å². The molecule has 35 atom stereocenters. The molecule has 7 rings (SSSR count). The summed E-state index contributed by atoms with van der Waals surface area (Å²) in [5.41, 5.74) is 0. The summed E-state index contributed by atoms with van der Waals surface area (Å²) in [7, 11) is 0. The van der Waals surface area contributed by atoms with Crippen molar-refractivity contribution in [2.45, 2.75) is 242 Å². The molecule has 7 fully saturated rings. The molecule has 38 nitrogen and oxygen atoms in total. The third-order valence-electron chi connectivity index (χ3n) is 15.7. The van der Waals surface area contributed by atoms with Crippen LogP contribution in [0.1, 0.15) is 27.7 Å². The van der Waals surface area contributed by atoms with Crippen LogP contribution in [0.3, 0.4) is 0 Å². The van der Waals surface area contributed by atoms with Gasteiger partial charge >= 0.3 is 0 Å². The highest BCUT2D eigenvalue weighted by Gasteiger charge is 2.59. The van der Waals surface area contributed by atoms with Gasteiger partial charge in [0.2, 0.25) is 17.7 Å². The summed E-state index contributed by atoms with van der Waals surface area (Å²) in [6, 6.07) is -5.43. The van der Waals surface area contributed by atoms with E-state index in [2.05, 4.69) is 16.0 Å². The third kappa shape index (κ3) is 15.5. The standard InChI is InChI=1S/C48H81N3O35/c1-11-24(59)32(67)35(70)45(76-11)75-10-20-39(30(65)21(42(73)77-20)49-12(2)56)83-44-23(51-14(4)58)31(66)38(18(8-55)81-44)84-48-41(86-43-22(50-13(3)57)29(64)25(60)15(5-52)78-43)40(85-47-37(72)34(69)27(62)17(7-54)80-47)28(63)19(82-48)9-74-46-36(71)33(68)26(61)16(6-53)79-46/h11,15-48,52-55,59-73H,5-10H2,1-4H3,(H,49,56)(H,50,57)(H,51,58)/t11-,15+,16+,17+,18+,19+,20+,21+,22+,23+,24+,25+,26+,27+,28+,29+,30+,31+,32+,33-,34-,35-,36-,37-,38+,39+,40-,41-,42?,43-,44-,45+,46-,47+,48-/m0/s1. The fourth-order valence-electron chi connectivity index (χ4n) is 10.9. The zero-order chi connectivity index (χ0) is 63.5. The zero-order valence-corrected chi connectivity index (χ0v) is 46.5. The molecular formula is C48H81N3O35. The maximum Gasteiger partial charge on any atom is 0.217 e. The van der Waals surface area contributed by atoms with Crippen molar-refractivity contribution in [1.29, 1.82) is 0 Å². The molecule has 0 saturated carbocycles. The number of aliphatic hydroxyl groups is 19. The van der Waals surface area contributed by atoms with Crippen molar-refractivity contribution in [2.24, 2.45) is 0 Å². The molecule has 0 aromatic rings. The monoisotopic (exact) mass is 1260 g/mol. The Bertz CT molecular complexity index is 2170. The molecule has 22 N–H and O–H groups in total. The van der Waals surface area contributed by atoms with Crippen molar-refractivity contribution < 1.29 is 173 Å². The van der Waals surface area contributed by atoms with Crippen molar-refractivity contribution in [3.8, 4) is 0 Å². The summed E-state index contributed by atoms with van der Waals surface area (Å²) >= 11 is 0. The van der Waals surface area contributed by atoms with E-state index in [1.165, 1.54) is 6.92 Å². The molecule has 1 unspecified atom stereocenters. The maximum atomic E-state index is 13.1. The Balaban J connectivity index is 1.27. The molecular weight excluding hydrogens is 1180 g/mol. The zero-order valence-electron chi connectivity index (χ0n) is 46.5. The van der Waals surface area contributed by atoms with Gasteiger partial charge in [0.15, 0.2) is 44.0 Å². The highest BCUT2D eigenvalue weighted by Crippen LogP contribution is 2.38. The van der Waals surface area contributed by atoms with Crippen molar-refractivity contribution in [3.63, 3.8) is 0 Å². The van der Waals surface area contributed by atoms with Crippen LogP contribution in [-0.4, -0.2) is 369 Å². The van der Waals surface area contributed by atoms with Crippen LogP contribution < -0.4 is 16.0 Å². The number of nitrogens with one attached hydrogen (secondary N) is 3. The van der Waals surface area contributed by atoms with E-state index in [1.807, 2.05) is 0 Å². The molecule has 38 heteroatoms. The van der Waals surface area contributed by atoms with Gasteiger partial charge in [-0.3, -0.25) is 14.4 Å². The predicted octanol–water partition coefficient (Wildman–Crippen LogP) is -14.8. The van der Waals surface area contributed by atoms with Crippen LogP contribution in [0.4, 0.5) is 0 Å². The molecule has 7 saturated heterocycles. The Morgan fingerprint density at radius 2 is 0.686 bits per heavy atom.